The molecule has 0 atom stereocenters. The summed E-state index contributed by atoms with van der Waals surface area (Å²) in [6.07, 6.45) is 1.12. The van der Waals surface area contributed by atoms with Crippen LogP contribution in [0.5, 0.6) is 11.5 Å². The number of methoxy groups -OCH3 is 1. The van der Waals surface area contributed by atoms with E-state index in [0.717, 1.165) is 14.4 Å². The lowest BCUT2D eigenvalue weighted by molar-refractivity contribution is 0.0942. The minimum Gasteiger partial charge on any atom is -0.501 e. The zero-order valence-electron chi connectivity index (χ0n) is 16.1. The van der Waals surface area contributed by atoms with Crippen molar-refractivity contribution in [3.05, 3.63) is 45.9 Å². The van der Waals surface area contributed by atoms with Crippen molar-refractivity contribution in [1.29, 1.82) is 0 Å². The molecule has 1 aliphatic heterocycles. The molecule has 1 amide bonds. The Kier molecular flexibility index (Phi) is 5.78. The van der Waals surface area contributed by atoms with Gasteiger partial charge in [-0.25, -0.2) is 17.7 Å². The standard InChI is InChI=1S/C18H22N4O6S/c1-21-17(25)15(23)14(20-18(21)22-9-3-4-10-29(22,26)27)16(24)19-11-12-5-7-13(28-2)8-6-12/h5-8,23H,3-4,9-11H2,1-2H3,(H,19,24). The number of nitrogens with one attached hydrogen (secondary N) is 1. The smallest absolute Gasteiger partial charge is 0.297 e. The summed E-state index contributed by atoms with van der Waals surface area (Å²) in [4.78, 5) is 28.9. The van der Waals surface area contributed by atoms with E-state index in [9.17, 15) is 23.1 Å². The molecule has 0 radical (unpaired) electrons. The summed E-state index contributed by atoms with van der Waals surface area (Å²) in [6, 6.07) is 6.97. The normalized spacial score (nSPS) is 15.7. The fraction of sp³-hybridized carbons (Fsp3) is 0.389. The van der Waals surface area contributed by atoms with Crippen LogP contribution in [0.2, 0.25) is 0 Å². The van der Waals surface area contributed by atoms with Gasteiger partial charge in [-0.2, -0.15) is 0 Å². The Hall–Kier alpha value is -3.08. The maximum Gasteiger partial charge on any atom is 0.297 e. The van der Waals surface area contributed by atoms with Gasteiger partial charge in [-0.1, -0.05) is 12.1 Å². The predicted octanol–water partition coefficient (Wildman–Crippen LogP) is 0.354. The molecule has 1 fully saturated rings. The van der Waals surface area contributed by atoms with Crippen LogP contribution >= 0.6 is 0 Å². The number of aromatic nitrogens is 2. The first-order valence-electron chi connectivity index (χ1n) is 8.96. The molecule has 156 valence electrons. The van der Waals surface area contributed by atoms with Crippen LogP contribution in [0, 0.1) is 0 Å². The van der Waals surface area contributed by atoms with Gasteiger partial charge in [0.05, 0.1) is 12.9 Å². The Morgan fingerprint density at radius 3 is 2.59 bits per heavy atom. The van der Waals surface area contributed by atoms with Gasteiger partial charge in [0.2, 0.25) is 21.7 Å². The third-order valence-corrected chi connectivity index (χ3v) is 6.46. The molecule has 1 aliphatic rings. The highest BCUT2D eigenvalue weighted by Crippen LogP contribution is 2.22. The minimum absolute atomic E-state index is 0.0667. The lowest BCUT2D eigenvalue weighted by Gasteiger charge is -2.28. The lowest BCUT2D eigenvalue weighted by atomic mass is 10.2. The van der Waals surface area contributed by atoms with E-state index in [-0.39, 0.29) is 24.8 Å². The summed E-state index contributed by atoms with van der Waals surface area (Å²) in [7, 11) is -0.805. The molecular formula is C18H22N4O6S. The molecule has 3 rings (SSSR count). The third-order valence-electron chi connectivity index (χ3n) is 4.64. The van der Waals surface area contributed by atoms with Crippen LogP contribution in [-0.2, 0) is 23.6 Å². The molecule has 29 heavy (non-hydrogen) atoms. The molecule has 2 aromatic rings. The number of ether oxygens (including phenoxy) is 1. The van der Waals surface area contributed by atoms with E-state index < -0.39 is 32.9 Å². The molecule has 1 saturated heterocycles. The summed E-state index contributed by atoms with van der Waals surface area (Å²) in [5, 5.41) is 12.7. The Bertz CT molecular complexity index is 1080. The number of aromatic hydroxyl groups is 1. The first-order chi connectivity index (χ1) is 13.7. The van der Waals surface area contributed by atoms with Crippen LogP contribution in [-0.4, -0.2) is 48.4 Å². The Morgan fingerprint density at radius 2 is 1.97 bits per heavy atom. The number of sulfonamides is 1. The summed E-state index contributed by atoms with van der Waals surface area (Å²) in [5.41, 5.74) is -0.649. The van der Waals surface area contributed by atoms with Gasteiger partial charge in [-0.05, 0) is 30.5 Å². The molecule has 1 aromatic carbocycles. The molecular weight excluding hydrogens is 400 g/mol. The number of carbonyl (C=O) groups excluding carboxylic acids is 1. The van der Waals surface area contributed by atoms with Crippen molar-refractivity contribution >= 4 is 21.9 Å². The average molecular weight is 422 g/mol. The monoisotopic (exact) mass is 422 g/mol. The van der Waals surface area contributed by atoms with Crippen LogP contribution in [0.3, 0.4) is 0 Å². The largest absolute Gasteiger partial charge is 0.501 e. The number of nitrogens with zero attached hydrogens (tertiary/aromatic N) is 3. The number of rotatable bonds is 5. The molecule has 0 spiro atoms. The van der Waals surface area contributed by atoms with Gasteiger partial charge in [0, 0.05) is 20.1 Å². The second-order valence-corrected chi connectivity index (χ2v) is 8.61. The van der Waals surface area contributed by atoms with E-state index in [1.165, 1.54) is 7.05 Å². The first-order valence-corrected chi connectivity index (χ1v) is 10.6. The molecule has 0 unspecified atom stereocenters. The van der Waals surface area contributed by atoms with Gasteiger partial charge in [-0.15, -0.1) is 0 Å². The van der Waals surface area contributed by atoms with Gasteiger partial charge in [0.1, 0.15) is 5.75 Å². The van der Waals surface area contributed by atoms with E-state index in [4.69, 9.17) is 4.74 Å². The highest BCUT2D eigenvalue weighted by atomic mass is 32.2. The third kappa shape index (κ3) is 4.19. The quantitative estimate of drug-likeness (QED) is 0.711. The van der Waals surface area contributed by atoms with E-state index in [0.29, 0.717) is 18.6 Å². The zero-order chi connectivity index (χ0) is 21.2. The molecule has 0 aliphatic carbocycles. The summed E-state index contributed by atoms with van der Waals surface area (Å²) >= 11 is 0. The summed E-state index contributed by atoms with van der Waals surface area (Å²) in [6.45, 7) is 0.275. The van der Waals surface area contributed by atoms with E-state index in [2.05, 4.69) is 10.3 Å². The van der Waals surface area contributed by atoms with Crippen molar-refractivity contribution in [2.24, 2.45) is 7.05 Å². The predicted molar refractivity (Wildman–Crippen MR) is 106 cm³/mol. The lowest BCUT2D eigenvalue weighted by Crippen LogP contribution is -2.42. The van der Waals surface area contributed by atoms with Gasteiger partial charge in [-0.3, -0.25) is 14.2 Å². The van der Waals surface area contributed by atoms with Crippen LogP contribution < -0.4 is 19.9 Å². The van der Waals surface area contributed by atoms with Crippen molar-refractivity contribution in [2.75, 3.05) is 23.7 Å². The Labute approximate surface area is 167 Å². The summed E-state index contributed by atoms with van der Waals surface area (Å²) < 4.78 is 31.8. The maximum atomic E-state index is 12.5. The second-order valence-electron chi connectivity index (χ2n) is 6.60. The molecule has 11 heteroatoms. The van der Waals surface area contributed by atoms with Crippen molar-refractivity contribution in [3.63, 3.8) is 0 Å². The fourth-order valence-electron chi connectivity index (χ4n) is 2.98. The highest BCUT2D eigenvalue weighted by molar-refractivity contribution is 7.92. The Morgan fingerprint density at radius 1 is 1.28 bits per heavy atom. The van der Waals surface area contributed by atoms with Crippen LogP contribution in [0.4, 0.5) is 5.95 Å². The van der Waals surface area contributed by atoms with Gasteiger partial charge in [0.15, 0.2) is 5.69 Å². The number of carbonyl (C=O) groups is 1. The molecule has 2 heterocycles. The second kappa shape index (κ2) is 8.11. The highest BCUT2D eigenvalue weighted by Gasteiger charge is 2.31. The molecule has 2 N–H and O–H groups in total. The summed E-state index contributed by atoms with van der Waals surface area (Å²) in [5.74, 6) is -1.21. The number of amides is 1. The maximum absolute atomic E-state index is 12.5. The first kappa shape index (κ1) is 20.6. The van der Waals surface area contributed by atoms with Crippen molar-refractivity contribution in [2.45, 2.75) is 19.4 Å². The van der Waals surface area contributed by atoms with Gasteiger partial charge < -0.3 is 15.2 Å². The van der Waals surface area contributed by atoms with E-state index in [1.54, 1.807) is 31.4 Å². The van der Waals surface area contributed by atoms with Crippen LogP contribution in [0.25, 0.3) is 0 Å². The number of benzene rings is 1. The van der Waals surface area contributed by atoms with Crippen LogP contribution in [0.15, 0.2) is 29.1 Å². The van der Waals surface area contributed by atoms with Crippen LogP contribution in [0.1, 0.15) is 28.9 Å². The van der Waals surface area contributed by atoms with Gasteiger partial charge >= 0.3 is 0 Å². The SMILES string of the molecule is COc1ccc(CNC(=O)c2nc(N3CCCCS3(=O)=O)n(C)c(=O)c2O)cc1. The van der Waals surface area contributed by atoms with E-state index in [1.807, 2.05) is 0 Å². The Balaban J connectivity index is 1.89. The zero-order valence-corrected chi connectivity index (χ0v) is 16.9. The fourth-order valence-corrected chi connectivity index (χ4v) is 4.59. The molecule has 0 saturated carbocycles. The number of anilines is 1. The molecule has 1 aromatic heterocycles. The van der Waals surface area contributed by atoms with Crippen molar-refractivity contribution in [3.8, 4) is 11.5 Å². The van der Waals surface area contributed by atoms with Gasteiger partial charge in [0.25, 0.3) is 11.5 Å². The number of hydrogen-bond acceptors (Lipinski definition) is 7. The topological polar surface area (TPSA) is 131 Å². The average Bonchev–Trinajstić information content (AvgIpc) is 2.71. The number of hydrogen-bond donors (Lipinski definition) is 2. The van der Waals surface area contributed by atoms with Crippen molar-refractivity contribution in [1.82, 2.24) is 14.9 Å². The van der Waals surface area contributed by atoms with E-state index >= 15 is 0 Å². The molecule has 10 nitrogen and oxygen atoms in total. The minimum atomic E-state index is -3.65. The molecule has 0 bridgehead atoms. The van der Waals surface area contributed by atoms with Crippen molar-refractivity contribution < 1.29 is 23.1 Å².